The summed E-state index contributed by atoms with van der Waals surface area (Å²) in [7, 11) is 0. The van der Waals surface area contributed by atoms with E-state index in [4.69, 9.17) is 5.73 Å². The van der Waals surface area contributed by atoms with E-state index in [9.17, 15) is 0 Å². The lowest BCUT2D eigenvalue weighted by molar-refractivity contribution is 0.409. The zero-order valence-electron chi connectivity index (χ0n) is 14.9. The van der Waals surface area contributed by atoms with Crippen molar-refractivity contribution in [2.75, 3.05) is 5.32 Å². The lowest BCUT2D eigenvalue weighted by atomic mass is 9.92. The SMILES string of the molecule is N[C@H]1CC[C@H](Nc2ncc3c(-c4cnc5ncccc5c4)ccn3n2)CC1. The molecule has 0 unspecified atom stereocenters. The predicted octanol–water partition coefficient (Wildman–Crippen LogP) is 3.02. The maximum atomic E-state index is 5.99. The van der Waals surface area contributed by atoms with E-state index in [0.29, 0.717) is 18.0 Å². The highest BCUT2D eigenvalue weighted by atomic mass is 15.3. The molecule has 0 aromatic carbocycles. The van der Waals surface area contributed by atoms with Crippen LogP contribution >= 0.6 is 0 Å². The summed E-state index contributed by atoms with van der Waals surface area (Å²) in [6.07, 6.45) is 11.7. The van der Waals surface area contributed by atoms with Crippen molar-refractivity contribution in [3.63, 3.8) is 0 Å². The number of nitrogens with zero attached hydrogens (tertiary/aromatic N) is 5. The Labute approximate surface area is 156 Å². The standard InChI is InChI=1S/C20H21N7/c21-15-3-5-16(6-4-15)25-20-24-12-18-17(7-9-27(18)26-20)14-10-13-2-1-8-22-19(13)23-11-14/h1-2,7-12,15-16H,3-6,21H2,(H,25,26)/t15-,16-. The third-order valence-corrected chi connectivity index (χ3v) is 5.29. The minimum atomic E-state index is 0.337. The molecule has 0 amide bonds. The molecule has 1 aliphatic rings. The fraction of sp³-hybridized carbons (Fsp3) is 0.300. The second-order valence-electron chi connectivity index (χ2n) is 7.17. The Kier molecular flexibility index (Phi) is 3.94. The number of rotatable bonds is 3. The number of fused-ring (bicyclic) bond motifs is 2. The molecule has 0 radical (unpaired) electrons. The molecule has 0 atom stereocenters. The number of aromatic nitrogens is 5. The van der Waals surface area contributed by atoms with Gasteiger partial charge in [-0.1, -0.05) is 0 Å². The Balaban J connectivity index is 1.44. The van der Waals surface area contributed by atoms with Crippen molar-refractivity contribution in [3.05, 3.63) is 49.1 Å². The van der Waals surface area contributed by atoms with E-state index in [1.165, 1.54) is 0 Å². The van der Waals surface area contributed by atoms with Gasteiger partial charge < -0.3 is 11.1 Å². The molecule has 27 heavy (non-hydrogen) atoms. The lowest BCUT2D eigenvalue weighted by Gasteiger charge is -2.26. The van der Waals surface area contributed by atoms with Gasteiger partial charge in [-0.15, -0.1) is 5.10 Å². The zero-order valence-corrected chi connectivity index (χ0v) is 14.9. The van der Waals surface area contributed by atoms with Crippen molar-refractivity contribution in [2.24, 2.45) is 5.73 Å². The molecule has 1 fully saturated rings. The van der Waals surface area contributed by atoms with Crippen LogP contribution in [0.5, 0.6) is 0 Å². The van der Waals surface area contributed by atoms with Gasteiger partial charge >= 0.3 is 0 Å². The molecular formula is C20H21N7. The van der Waals surface area contributed by atoms with Gasteiger partial charge in [0.2, 0.25) is 5.95 Å². The van der Waals surface area contributed by atoms with Crippen LogP contribution < -0.4 is 11.1 Å². The topological polar surface area (TPSA) is 94.0 Å². The summed E-state index contributed by atoms with van der Waals surface area (Å²) in [5, 5.41) is 9.09. The highest BCUT2D eigenvalue weighted by molar-refractivity contribution is 5.86. The molecule has 1 aliphatic carbocycles. The smallest absolute Gasteiger partial charge is 0.241 e. The van der Waals surface area contributed by atoms with Crippen molar-refractivity contribution < 1.29 is 0 Å². The van der Waals surface area contributed by atoms with Gasteiger partial charge in [-0.3, -0.25) is 0 Å². The Morgan fingerprint density at radius 2 is 1.93 bits per heavy atom. The molecular weight excluding hydrogens is 338 g/mol. The van der Waals surface area contributed by atoms with E-state index in [1.54, 1.807) is 6.20 Å². The molecule has 4 heterocycles. The van der Waals surface area contributed by atoms with E-state index in [1.807, 2.05) is 41.3 Å². The van der Waals surface area contributed by atoms with Gasteiger partial charge in [0.25, 0.3) is 0 Å². The highest BCUT2D eigenvalue weighted by Crippen LogP contribution is 2.27. The van der Waals surface area contributed by atoms with Crippen molar-refractivity contribution in [1.29, 1.82) is 0 Å². The predicted molar refractivity (Wildman–Crippen MR) is 105 cm³/mol. The van der Waals surface area contributed by atoms with Gasteiger partial charge in [-0.05, 0) is 49.9 Å². The normalized spacial score (nSPS) is 20.2. The van der Waals surface area contributed by atoms with Crippen molar-refractivity contribution in [2.45, 2.75) is 37.8 Å². The van der Waals surface area contributed by atoms with Gasteiger partial charge in [0, 0.05) is 47.2 Å². The first-order valence-electron chi connectivity index (χ1n) is 9.34. The van der Waals surface area contributed by atoms with E-state index >= 15 is 0 Å². The van der Waals surface area contributed by atoms with Gasteiger partial charge in [0.05, 0.1) is 11.7 Å². The van der Waals surface area contributed by atoms with Gasteiger partial charge in [0.1, 0.15) is 0 Å². The molecule has 0 aliphatic heterocycles. The minimum absolute atomic E-state index is 0.337. The van der Waals surface area contributed by atoms with E-state index in [2.05, 4.69) is 31.4 Å². The largest absolute Gasteiger partial charge is 0.350 e. The first-order valence-corrected chi connectivity index (χ1v) is 9.34. The summed E-state index contributed by atoms with van der Waals surface area (Å²) in [6.45, 7) is 0. The highest BCUT2D eigenvalue weighted by Gasteiger charge is 2.19. The minimum Gasteiger partial charge on any atom is -0.350 e. The second kappa shape index (κ2) is 6.59. The van der Waals surface area contributed by atoms with Crippen molar-refractivity contribution in [3.8, 4) is 11.1 Å². The van der Waals surface area contributed by atoms with Gasteiger partial charge in [-0.25, -0.2) is 19.5 Å². The number of nitrogens with one attached hydrogen (secondary N) is 1. The molecule has 1 saturated carbocycles. The van der Waals surface area contributed by atoms with Crippen LogP contribution in [0.3, 0.4) is 0 Å². The van der Waals surface area contributed by atoms with Crippen molar-refractivity contribution in [1.82, 2.24) is 24.6 Å². The van der Waals surface area contributed by atoms with Crippen LogP contribution in [0.2, 0.25) is 0 Å². The number of nitrogens with two attached hydrogens (primary N) is 1. The Morgan fingerprint density at radius 1 is 1.04 bits per heavy atom. The second-order valence-corrected chi connectivity index (χ2v) is 7.17. The Hall–Kier alpha value is -3.06. The average molecular weight is 359 g/mol. The molecule has 0 saturated heterocycles. The van der Waals surface area contributed by atoms with Crippen LogP contribution in [0.25, 0.3) is 27.7 Å². The molecule has 136 valence electrons. The summed E-state index contributed by atoms with van der Waals surface area (Å²) < 4.78 is 1.87. The van der Waals surface area contributed by atoms with Gasteiger partial charge in [0.15, 0.2) is 5.65 Å². The quantitative estimate of drug-likeness (QED) is 0.584. The average Bonchev–Trinajstić information content (AvgIpc) is 3.12. The Morgan fingerprint density at radius 3 is 2.81 bits per heavy atom. The van der Waals surface area contributed by atoms with E-state index in [-0.39, 0.29) is 0 Å². The molecule has 5 rings (SSSR count). The first-order chi connectivity index (χ1) is 13.3. The fourth-order valence-corrected chi connectivity index (χ4v) is 3.77. The Bertz CT molecular complexity index is 1100. The van der Waals surface area contributed by atoms with Crippen LogP contribution in [0.15, 0.2) is 49.1 Å². The summed E-state index contributed by atoms with van der Waals surface area (Å²) in [6, 6.07) is 8.82. The maximum Gasteiger partial charge on any atom is 0.241 e. The van der Waals surface area contributed by atoms with Crippen LogP contribution in [0.1, 0.15) is 25.7 Å². The van der Waals surface area contributed by atoms with Gasteiger partial charge in [-0.2, -0.15) is 0 Å². The number of anilines is 1. The van der Waals surface area contributed by atoms with Crippen LogP contribution in [-0.2, 0) is 0 Å². The third-order valence-electron chi connectivity index (χ3n) is 5.29. The molecule has 4 aromatic heterocycles. The molecule has 0 spiro atoms. The lowest BCUT2D eigenvalue weighted by Crippen LogP contribution is -2.33. The number of hydrogen-bond donors (Lipinski definition) is 2. The molecule has 0 bridgehead atoms. The summed E-state index contributed by atoms with van der Waals surface area (Å²) >= 11 is 0. The number of hydrogen-bond acceptors (Lipinski definition) is 6. The molecule has 7 nitrogen and oxygen atoms in total. The van der Waals surface area contributed by atoms with E-state index < -0.39 is 0 Å². The first kappa shape index (κ1) is 16.1. The van der Waals surface area contributed by atoms with Crippen LogP contribution in [0.4, 0.5) is 5.95 Å². The summed E-state index contributed by atoms with van der Waals surface area (Å²) in [5.74, 6) is 0.658. The fourth-order valence-electron chi connectivity index (χ4n) is 3.77. The summed E-state index contributed by atoms with van der Waals surface area (Å²) in [5.41, 5.74) is 9.78. The van der Waals surface area contributed by atoms with E-state index in [0.717, 1.165) is 53.4 Å². The zero-order chi connectivity index (χ0) is 18.2. The molecule has 4 aromatic rings. The third kappa shape index (κ3) is 3.10. The maximum absolute atomic E-state index is 5.99. The monoisotopic (exact) mass is 359 g/mol. The van der Waals surface area contributed by atoms with Crippen LogP contribution in [-0.4, -0.2) is 36.6 Å². The molecule has 7 heteroatoms. The van der Waals surface area contributed by atoms with Crippen molar-refractivity contribution >= 4 is 22.5 Å². The number of pyridine rings is 2. The summed E-state index contributed by atoms with van der Waals surface area (Å²) in [4.78, 5) is 13.3. The molecule has 3 N–H and O–H groups in total. The van der Waals surface area contributed by atoms with Crippen LogP contribution in [0, 0.1) is 0 Å².